The Morgan fingerprint density at radius 1 is 1.25 bits per heavy atom. The molecule has 7 heteroatoms. The number of halogens is 3. The molecule has 108 valence electrons. The van der Waals surface area contributed by atoms with E-state index in [1.54, 1.807) is 7.05 Å². The van der Waals surface area contributed by atoms with Gasteiger partial charge in [-0.25, -0.2) is 0 Å². The molecule has 0 aliphatic rings. The molecule has 2 aromatic rings. The summed E-state index contributed by atoms with van der Waals surface area (Å²) in [5, 5.41) is 4.24. The summed E-state index contributed by atoms with van der Waals surface area (Å²) in [6.45, 7) is 3.89. The fourth-order valence-electron chi connectivity index (χ4n) is 2.01. The number of hydrogen-bond donors (Lipinski definition) is 1. The van der Waals surface area contributed by atoms with Crippen molar-refractivity contribution < 1.29 is 13.2 Å². The van der Waals surface area contributed by atoms with Crippen LogP contribution in [-0.2, 0) is 13.2 Å². The number of nitrogen functional groups attached to an aromatic ring is 1. The summed E-state index contributed by atoms with van der Waals surface area (Å²) >= 11 is 0. The number of nitrogens with zero attached hydrogens (tertiary/aromatic N) is 3. The first-order valence-corrected chi connectivity index (χ1v) is 6.07. The van der Waals surface area contributed by atoms with Crippen LogP contribution in [0.5, 0.6) is 0 Å². The highest BCUT2D eigenvalue weighted by Gasteiger charge is 2.31. The quantitative estimate of drug-likeness (QED) is 0.921. The van der Waals surface area contributed by atoms with Gasteiger partial charge in [0.05, 0.1) is 11.3 Å². The minimum atomic E-state index is -4.39. The van der Waals surface area contributed by atoms with Crippen molar-refractivity contribution in [2.45, 2.75) is 25.9 Å². The zero-order valence-corrected chi connectivity index (χ0v) is 11.4. The van der Waals surface area contributed by atoms with Gasteiger partial charge < -0.3 is 5.73 Å². The molecular weight excluding hydrogens is 269 g/mol. The Bertz CT molecular complexity index is 612. The van der Waals surface area contributed by atoms with Crippen LogP contribution in [0.25, 0.3) is 11.4 Å². The van der Waals surface area contributed by atoms with Gasteiger partial charge in [-0.05, 0) is 18.1 Å². The summed E-state index contributed by atoms with van der Waals surface area (Å²) in [6, 6.07) is 2.31. The largest absolute Gasteiger partial charge is 0.417 e. The number of nitrogens with two attached hydrogens (primary N) is 1. The van der Waals surface area contributed by atoms with Crippen LogP contribution in [0, 0.1) is 0 Å². The minimum Gasteiger partial charge on any atom is -0.384 e. The molecule has 0 saturated heterocycles. The van der Waals surface area contributed by atoms with Crippen LogP contribution in [0.2, 0.25) is 0 Å². The first-order valence-electron chi connectivity index (χ1n) is 6.07. The van der Waals surface area contributed by atoms with Crippen LogP contribution in [0.3, 0.4) is 0 Å². The predicted molar refractivity (Wildman–Crippen MR) is 69.9 cm³/mol. The average Bonchev–Trinajstić information content (AvgIpc) is 2.65. The Balaban J connectivity index is 2.50. The number of aromatic nitrogens is 3. The van der Waals surface area contributed by atoms with E-state index in [0.717, 1.165) is 17.8 Å². The first kappa shape index (κ1) is 14.4. The molecule has 4 nitrogen and oxygen atoms in total. The van der Waals surface area contributed by atoms with Crippen LogP contribution in [0.4, 0.5) is 19.0 Å². The van der Waals surface area contributed by atoms with Crippen molar-refractivity contribution in [1.82, 2.24) is 14.8 Å². The smallest absolute Gasteiger partial charge is 0.384 e. The number of aryl methyl sites for hydroxylation is 1. The molecule has 0 saturated carbocycles. The monoisotopic (exact) mass is 284 g/mol. The van der Waals surface area contributed by atoms with Crippen LogP contribution in [0.15, 0.2) is 18.3 Å². The highest BCUT2D eigenvalue weighted by molar-refractivity contribution is 5.66. The van der Waals surface area contributed by atoms with Gasteiger partial charge in [0.1, 0.15) is 11.5 Å². The number of alkyl halides is 3. The molecule has 0 atom stereocenters. The van der Waals surface area contributed by atoms with E-state index in [1.807, 2.05) is 13.8 Å². The molecule has 2 heterocycles. The molecule has 0 amide bonds. The molecule has 0 aliphatic carbocycles. The fourth-order valence-corrected chi connectivity index (χ4v) is 2.01. The summed E-state index contributed by atoms with van der Waals surface area (Å²) in [6.07, 6.45) is -3.58. The summed E-state index contributed by atoms with van der Waals surface area (Å²) in [5.41, 5.74) is 6.85. The summed E-state index contributed by atoms with van der Waals surface area (Å²) in [7, 11) is 1.69. The van der Waals surface area contributed by atoms with Crippen molar-refractivity contribution in [3.63, 3.8) is 0 Å². The second kappa shape index (κ2) is 4.81. The maximum Gasteiger partial charge on any atom is 0.417 e. The van der Waals surface area contributed by atoms with Gasteiger partial charge >= 0.3 is 6.18 Å². The van der Waals surface area contributed by atoms with Crippen molar-refractivity contribution in [3.8, 4) is 11.4 Å². The summed E-state index contributed by atoms with van der Waals surface area (Å²) in [4.78, 5) is 3.86. The lowest BCUT2D eigenvalue weighted by Crippen LogP contribution is -2.05. The Hall–Kier alpha value is -2.05. The second-order valence-electron chi connectivity index (χ2n) is 4.86. The van der Waals surface area contributed by atoms with E-state index in [1.165, 1.54) is 10.7 Å². The number of pyridine rings is 1. The minimum absolute atomic E-state index is 0.0998. The maximum absolute atomic E-state index is 12.5. The predicted octanol–water partition coefficient (Wildman–Crippen LogP) is 3.21. The average molecular weight is 284 g/mol. The van der Waals surface area contributed by atoms with E-state index in [0.29, 0.717) is 17.2 Å². The topological polar surface area (TPSA) is 56.7 Å². The number of anilines is 1. The van der Waals surface area contributed by atoms with Gasteiger partial charge in [0, 0.05) is 18.8 Å². The SMILES string of the molecule is CC(C)c1c(-c2ccc(C(F)(F)F)cn2)nn(C)c1N. The van der Waals surface area contributed by atoms with Crippen LogP contribution in [0.1, 0.15) is 30.9 Å². The molecule has 0 spiro atoms. The highest BCUT2D eigenvalue weighted by Crippen LogP contribution is 2.33. The van der Waals surface area contributed by atoms with Gasteiger partial charge in [-0.15, -0.1) is 0 Å². The third-order valence-corrected chi connectivity index (χ3v) is 3.04. The van der Waals surface area contributed by atoms with E-state index in [-0.39, 0.29) is 5.92 Å². The Kier molecular flexibility index (Phi) is 3.45. The van der Waals surface area contributed by atoms with Crippen molar-refractivity contribution in [1.29, 1.82) is 0 Å². The zero-order chi connectivity index (χ0) is 15.1. The molecule has 0 fully saturated rings. The van der Waals surface area contributed by atoms with E-state index >= 15 is 0 Å². The molecule has 0 bridgehead atoms. The zero-order valence-electron chi connectivity index (χ0n) is 11.4. The van der Waals surface area contributed by atoms with Gasteiger partial charge in [0.15, 0.2) is 0 Å². The van der Waals surface area contributed by atoms with E-state index in [2.05, 4.69) is 10.1 Å². The lowest BCUT2D eigenvalue weighted by molar-refractivity contribution is -0.137. The maximum atomic E-state index is 12.5. The Morgan fingerprint density at radius 3 is 2.35 bits per heavy atom. The van der Waals surface area contributed by atoms with Crippen molar-refractivity contribution in [3.05, 3.63) is 29.5 Å². The number of hydrogen-bond acceptors (Lipinski definition) is 3. The molecule has 2 N–H and O–H groups in total. The molecule has 2 rings (SSSR count). The van der Waals surface area contributed by atoms with E-state index < -0.39 is 11.7 Å². The lowest BCUT2D eigenvalue weighted by atomic mass is 10.0. The van der Waals surface area contributed by atoms with Crippen LogP contribution < -0.4 is 5.73 Å². The third-order valence-electron chi connectivity index (χ3n) is 3.04. The molecule has 0 aromatic carbocycles. The van der Waals surface area contributed by atoms with Gasteiger partial charge in [-0.3, -0.25) is 9.67 Å². The molecule has 2 aromatic heterocycles. The molecule has 0 radical (unpaired) electrons. The summed E-state index contributed by atoms with van der Waals surface area (Å²) < 4.78 is 39.1. The van der Waals surface area contributed by atoms with Gasteiger partial charge in [0.2, 0.25) is 0 Å². The number of rotatable bonds is 2. The standard InChI is InChI=1S/C13H15F3N4/c1-7(2)10-11(19-20(3)12(10)17)9-5-4-8(6-18-9)13(14,15)16/h4-7H,17H2,1-3H3. The molecule has 20 heavy (non-hydrogen) atoms. The lowest BCUT2D eigenvalue weighted by Gasteiger charge is -2.08. The highest BCUT2D eigenvalue weighted by atomic mass is 19.4. The second-order valence-corrected chi connectivity index (χ2v) is 4.86. The first-order chi connectivity index (χ1) is 9.21. The van der Waals surface area contributed by atoms with Crippen molar-refractivity contribution in [2.24, 2.45) is 7.05 Å². The molecule has 0 unspecified atom stereocenters. The van der Waals surface area contributed by atoms with E-state index in [4.69, 9.17) is 5.73 Å². The Morgan fingerprint density at radius 2 is 1.90 bits per heavy atom. The third kappa shape index (κ3) is 2.48. The van der Waals surface area contributed by atoms with Gasteiger partial charge in [-0.1, -0.05) is 13.8 Å². The van der Waals surface area contributed by atoms with Crippen molar-refractivity contribution >= 4 is 5.82 Å². The Labute approximate surface area is 114 Å². The fraction of sp³-hybridized carbons (Fsp3) is 0.385. The van der Waals surface area contributed by atoms with Gasteiger partial charge in [0.25, 0.3) is 0 Å². The molecular formula is C13H15F3N4. The summed E-state index contributed by atoms with van der Waals surface area (Å²) in [5.74, 6) is 0.597. The molecule has 0 aliphatic heterocycles. The van der Waals surface area contributed by atoms with Crippen LogP contribution in [-0.4, -0.2) is 14.8 Å². The van der Waals surface area contributed by atoms with Gasteiger partial charge in [-0.2, -0.15) is 18.3 Å². The normalized spacial score (nSPS) is 12.2. The van der Waals surface area contributed by atoms with Crippen molar-refractivity contribution in [2.75, 3.05) is 5.73 Å². The van der Waals surface area contributed by atoms with E-state index in [9.17, 15) is 13.2 Å². The van der Waals surface area contributed by atoms with Crippen LogP contribution >= 0.6 is 0 Å².